The Morgan fingerprint density at radius 3 is 2.67 bits per heavy atom. The zero-order valence-electron chi connectivity index (χ0n) is 12.5. The van der Waals surface area contributed by atoms with Crippen molar-refractivity contribution in [1.29, 1.82) is 0 Å². The number of likely N-dealkylation sites (tertiary alicyclic amines) is 1. The SMILES string of the molecule is COc1cccc(C2(N=C=O)CCC2)c1OC1CN(C)C1. The van der Waals surface area contributed by atoms with Gasteiger partial charge >= 0.3 is 0 Å². The molecule has 2 aliphatic rings. The number of para-hydroxylation sites is 1. The van der Waals surface area contributed by atoms with Crippen LogP contribution in [0.25, 0.3) is 0 Å². The molecule has 0 unspecified atom stereocenters. The summed E-state index contributed by atoms with van der Waals surface area (Å²) < 4.78 is 11.6. The van der Waals surface area contributed by atoms with Crippen molar-refractivity contribution < 1.29 is 14.3 Å². The van der Waals surface area contributed by atoms with Gasteiger partial charge < -0.3 is 9.47 Å². The van der Waals surface area contributed by atoms with Gasteiger partial charge in [-0.1, -0.05) is 12.1 Å². The molecule has 1 heterocycles. The third-order valence-corrected chi connectivity index (χ3v) is 4.46. The molecule has 1 aliphatic carbocycles. The van der Waals surface area contributed by atoms with Crippen LogP contribution in [0.2, 0.25) is 0 Å². The van der Waals surface area contributed by atoms with E-state index < -0.39 is 5.54 Å². The minimum absolute atomic E-state index is 0.169. The lowest BCUT2D eigenvalue weighted by Crippen LogP contribution is -2.51. The highest BCUT2D eigenvalue weighted by atomic mass is 16.5. The van der Waals surface area contributed by atoms with Crippen LogP contribution in [0.15, 0.2) is 23.2 Å². The van der Waals surface area contributed by atoms with Crippen molar-refractivity contribution in [3.05, 3.63) is 23.8 Å². The van der Waals surface area contributed by atoms with Gasteiger partial charge in [0.15, 0.2) is 11.5 Å². The average Bonchev–Trinajstić information content (AvgIpc) is 2.41. The molecule has 1 aliphatic heterocycles. The number of carbonyl (C=O) groups excluding carboxylic acids is 1. The molecule has 0 amide bonds. The van der Waals surface area contributed by atoms with Gasteiger partial charge in [0.05, 0.1) is 7.11 Å². The third kappa shape index (κ3) is 2.43. The van der Waals surface area contributed by atoms with Crippen LogP contribution >= 0.6 is 0 Å². The first-order valence-electron chi connectivity index (χ1n) is 7.30. The van der Waals surface area contributed by atoms with Crippen molar-refractivity contribution in [2.45, 2.75) is 30.9 Å². The quantitative estimate of drug-likeness (QED) is 0.615. The molecule has 0 aromatic heterocycles. The van der Waals surface area contributed by atoms with E-state index in [1.165, 1.54) is 0 Å². The summed E-state index contributed by atoms with van der Waals surface area (Å²) in [6.07, 6.45) is 4.68. The molecule has 3 rings (SSSR count). The van der Waals surface area contributed by atoms with Gasteiger partial charge in [0.2, 0.25) is 6.08 Å². The predicted molar refractivity (Wildman–Crippen MR) is 78.6 cm³/mol. The molecule has 21 heavy (non-hydrogen) atoms. The number of methoxy groups -OCH3 is 1. The highest BCUT2D eigenvalue weighted by Gasteiger charge is 2.42. The number of hydrogen-bond donors (Lipinski definition) is 0. The molecule has 0 spiro atoms. The van der Waals surface area contributed by atoms with Crippen molar-refractivity contribution in [3.8, 4) is 11.5 Å². The summed E-state index contributed by atoms with van der Waals surface area (Å²) in [5.41, 5.74) is 0.479. The van der Waals surface area contributed by atoms with Gasteiger partial charge in [0, 0.05) is 18.7 Å². The van der Waals surface area contributed by atoms with Gasteiger partial charge in [-0.2, -0.15) is 4.99 Å². The number of likely N-dealkylation sites (N-methyl/N-ethyl adjacent to an activating group) is 1. The number of ether oxygens (including phenoxy) is 2. The van der Waals surface area contributed by atoms with Crippen LogP contribution in [-0.4, -0.2) is 44.3 Å². The van der Waals surface area contributed by atoms with Crippen molar-refractivity contribution in [2.75, 3.05) is 27.2 Å². The summed E-state index contributed by atoms with van der Waals surface area (Å²) in [4.78, 5) is 17.1. The number of isocyanates is 1. The fourth-order valence-corrected chi connectivity index (χ4v) is 3.09. The molecule has 0 bridgehead atoms. The molecule has 1 saturated heterocycles. The van der Waals surface area contributed by atoms with Crippen LogP contribution in [0.3, 0.4) is 0 Å². The van der Waals surface area contributed by atoms with Crippen molar-refractivity contribution >= 4 is 6.08 Å². The molecule has 0 radical (unpaired) electrons. The predicted octanol–water partition coefficient (Wildman–Crippen LogP) is 2.10. The van der Waals surface area contributed by atoms with Crippen LogP contribution in [-0.2, 0) is 10.3 Å². The molecule has 1 saturated carbocycles. The first-order valence-corrected chi connectivity index (χ1v) is 7.30. The Hall–Kier alpha value is -1.84. The van der Waals surface area contributed by atoms with E-state index in [0.29, 0.717) is 5.75 Å². The molecule has 1 aromatic rings. The molecule has 0 atom stereocenters. The molecule has 0 N–H and O–H groups in total. The van der Waals surface area contributed by atoms with Crippen LogP contribution in [0.4, 0.5) is 0 Å². The van der Waals surface area contributed by atoms with Crippen LogP contribution in [0.5, 0.6) is 11.5 Å². The monoisotopic (exact) mass is 288 g/mol. The topological polar surface area (TPSA) is 51.1 Å². The Morgan fingerprint density at radius 2 is 2.14 bits per heavy atom. The molecule has 112 valence electrons. The van der Waals surface area contributed by atoms with Gasteiger partial charge in [-0.05, 0) is 32.4 Å². The fourth-order valence-electron chi connectivity index (χ4n) is 3.09. The normalized spacial score (nSPS) is 20.9. The second kappa shape index (κ2) is 5.51. The van der Waals surface area contributed by atoms with E-state index in [1.807, 2.05) is 18.2 Å². The Kier molecular flexibility index (Phi) is 3.70. The first-order chi connectivity index (χ1) is 10.2. The number of nitrogens with zero attached hydrogens (tertiary/aromatic N) is 2. The van der Waals surface area contributed by atoms with Gasteiger partial charge in [-0.15, -0.1) is 0 Å². The van der Waals surface area contributed by atoms with E-state index in [0.717, 1.165) is 43.7 Å². The number of aliphatic imine (C=N–C) groups is 1. The molecule has 5 nitrogen and oxygen atoms in total. The highest BCUT2D eigenvalue weighted by molar-refractivity contribution is 5.52. The molecular formula is C16H20N2O3. The third-order valence-electron chi connectivity index (χ3n) is 4.46. The summed E-state index contributed by atoms with van der Waals surface area (Å²) in [7, 11) is 3.70. The molecule has 5 heteroatoms. The van der Waals surface area contributed by atoms with Crippen molar-refractivity contribution in [3.63, 3.8) is 0 Å². The minimum atomic E-state index is -0.471. The molecular weight excluding hydrogens is 268 g/mol. The molecule has 2 fully saturated rings. The zero-order chi connectivity index (χ0) is 14.9. The van der Waals surface area contributed by atoms with Crippen molar-refractivity contribution in [1.82, 2.24) is 4.90 Å². The Labute approximate surface area is 124 Å². The smallest absolute Gasteiger partial charge is 0.235 e. The Balaban J connectivity index is 1.97. The Bertz CT molecular complexity index is 571. The largest absolute Gasteiger partial charge is 0.493 e. The van der Waals surface area contributed by atoms with Gasteiger partial charge in [0.25, 0.3) is 0 Å². The molecule has 1 aromatic carbocycles. The van der Waals surface area contributed by atoms with Gasteiger partial charge in [0.1, 0.15) is 11.6 Å². The van der Waals surface area contributed by atoms with Gasteiger partial charge in [-0.25, -0.2) is 4.79 Å². The minimum Gasteiger partial charge on any atom is -0.493 e. The van der Waals surface area contributed by atoms with E-state index in [1.54, 1.807) is 13.2 Å². The lowest BCUT2D eigenvalue weighted by atomic mass is 9.72. The number of benzene rings is 1. The maximum atomic E-state index is 10.8. The van der Waals surface area contributed by atoms with Crippen LogP contribution in [0.1, 0.15) is 24.8 Å². The van der Waals surface area contributed by atoms with E-state index in [2.05, 4.69) is 16.9 Å². The summed E-state index contributed by atoms with van der Waals surface area (Å²) in [5.74, 6) is 1.44. The maximum absolute atomic E-state index is 10.8. The number of hydrogen-bond acceptors (Lipinski definition) is 5. The summed E-state index contributed by atoms with van der Waals surface area (Å²) in [6, 6.07) is 5.80. The summed E-state index contributed by atoms with van der Waals surface area (Å²) in [5, 5.41) is 0. The standard InChI is InChI=1S/C16H20N2O3/c1-18-9-12(10-18)21-15-13(5-3-6-14(15)20-2)16(17-11-19)7-4-8-16/h3,5-6,12H,4,7-10H2,1-2H3. The van der Waals surface area contributed by atoms with E-state index in [9.17, 15) is 4.79 Å². The highest BCUT2D eigenvalue weighted by Crippen LogP contribution is 2.50. The van der Waals surface area contributed by atoms with E-state index in [-0.39, 0.29) is 6.10 Å². The van der Waals surface area contributed by atoms with E-state index in [4.69, 9.17) is 9.47 Å². The van der Waals surface area contributed by atoms with Crippen molar-refractivity contribution in [2.24, 2.45) is 4.99 Å². The van der Waals surface area contributed by atoms with E-state index >= 15 is 0 Å². The average molecular weight is 288 g/mol. The lowest BCUT2D eigenvalue weighted by molar-refractivity contribution is 0.0344. The Morgan fingerprint density at radius 1 is 1.38 bits per heavy atom. The second-order valence-electron chi connectivity index (χ2n) is 5.89. The second-order valence-corrected chi connectivity index (χ2v) is 5.89. The zero-order valence-corrected chi connectivity index (χ0v) is 12.5. The fraction of sp³-hybridized carbons (Fsp3) is 0.562. The summed E-state index contributed by atoms with van der Waals surface area (Å²) >= 11 is 0. The maximum Gasteiger partial charge on any atom is 0.235 e. The number of rotatable bonds is 5. The van der Waals surface area contributed by atoms with Gasteiger partial charge in [-0.3, -0.25) is 4.90 Å². The summed E-state index contributed by atoms with van der Waals surface area (Å²) in [6.45, 7) is 1.81. The first kappa shape index (κ1) is 14.1. The lowest BCUT2D eigenvalue weighted by Gasteiger charge is -2.41. The van der Waals surface area contributed by atoms with Crippen LogP contribution < -0.4 is 9.47 Å². The van der Waals surface area contributed by atoms with Crippen LogP contribution in [0, 0.1) is 0 Å².